The van der Waals surface area contributed by atoms with E-state index in [1.165, 1.54) is 11.3 Å². The molecule has 13 heavy (non-hydrogen) atoms. The normalized spacial score (nSPS) is 12.8. The molecule has 0 bridgehead atoms. The quantitative estimate of drug-likeness (QED) is 0.762. The Balaban J connectivity index is 2.41. The largest absolute Gasteiger partial charge is 0.317 e. The Morgan fingerprint density at radius 3 is 2.77 bits per heavy atom. The van der Waals surface area contributed by atoms with Gasteiger partial charge in [0.25, 0.3) is 0 Å². The molecule has 0 aromatic carbocycles. The Bertz CT molecular complexity index is 241. The molecule has 0 unspecified atom stereocenters. The second-order valence-corrected chi connectivity index (χ2v) is 3.56. The molecule has 0 saturated heterocycles. The summed E-state index contributed by atoms with van der Waals surface area (Å²) in [5, 5.41) is 3.22. The molecule has 0 spiro atoms. The molecular weight excluding hydrogens is 160 g/mol. The molecule has 72 valence electrons. The molecule has 0 aliphatic rings. The van der Waals surface area contributed by atoms with Crippen molar-refractivity contribution >= 4 is 0 Å². The lowest BCUT2D eigenvalue weighted by Gasteiger charge is -2.08. The second-order valence-electron chi connectivity index (χ2n) is 3.56. The summed E-state index contributed by atoms with van der Waals surface area (Å²) in [4.78, 5) is 4.36. The molecular formula is C11H18N2. The minimum absolute atomic E-state index is 0.572. The van der Waals surface area contributed by atoms with Gasteiger partial charge in [0, 0.05) is 17.9 Å². The lowest BCUT2D eigenvalue weighted by atomic mass is 10.1. The number of hydrogen-bond acceptors (Lipinski definition) is 2. The van der Waals surface area contributed by atoms with Crippen LogP contribution in [0.4, 0.5) is 0 Å². The second kappa shape index (κ2) is 4.97. The summed E-state index contributed by atoms with van der Waals surface area (Å²) in [6.45, 7) is 4.25. The Morgan fingerprint density at radius 1 is 1.46 bits per heavy atom. The van der Waals surface area contributed by atoms with Gasteiger partial charge >= 0.3 is 0 Å². The molecule has 0 radical (unpaired) electrons. The van der Waals surface area contributed by atoms with Gasteiger partial charge in [-0.3, -0.25) is 4.98 Å². The molecule has 2 heteroatoms. The zero-order valence-electron chi connectivity index (χ0n) is 8.67. The van der Waals surface area contributed by atoms with Crippen molar-refractivity contribution in [3.05, 3.63) is 29.6 Å². The van der Waals surface area contributed by atoms with Gasteiger partial charge in [0.15, 0.2) is 0 Å². The van der Waals surface area contributed by atoms with Crippen LogP contribution in [0.3, 0.4) is 0 Å². The summed E-state index contributed by atoms with van der Waals surface area (Å²) in [5.41, 5.74) is 2.41. The molecule has 0 aliphatic heterocycles. The predicted molar refractivity (Wildman–Crippen MR) is 55.8 cm³/mol. The molecule has 1 rings (SSSR count). The van der Waals surface area contributed by atoms with Gasteiger partial charge in [-0.25, -0.2) is 0 Å². The van der Waals surface area contributed by atoms with E-state index in [4.69, 9.17) is 0 Å². The lowest BCUT2D eigenvalue weighted by molar-refractivity contribution is 0.561. The Labute approximate surface area is 80.4 Å². The van der Waals surface area contributed by atoms with E-state index in [0.717, 1.165) is 12.8 Å². The molecule has 1 aromatic rings. The minimum atomic E-state index is 0.572. The van der Waals surface area contributed by atoms with E-state index < -0.39 is 0 Å². The Hall–Kier alpha value is -0.890. The summed E-state index contributed by atoms with van der Waals surface area (Å²) < 4.78 is 0. The van der Waals surface area contributed by atoms with E-state index in [1.807, 2.05) is 13.2 Å². The standard InChI is InChI=1S/C11H18N2/c1-9-4-6-11(13-8-9)7-5-10(2)12-3/h4,6,8,10,12H,5,7H2,1-3H3/t10-/m0/s1. The highest BCUT2D eigenvalue weighted by Crippen LogP contribution is 2.03. The highest BCUT2D eigenvalue weighted by atomic mass is 14.8. The fraction of sp³-hybridized carbons (Fsp3) is 0.545. The minimum Gasteiger partial charge on any atom is -0.317 e. The first-order valence-electron chi connectivity index (χ1n) is 4.81. The molecule has 1 N–H and O–H groups in total. The Morgan fingerprint density at radius 2 is 2.23 bits per heavy atom. The van der Waals surface area contributed by atoms with Gasteiger partial charge in [-0.2, -0.15) is 0 Å². The van der Waals surface area contributed by atoms with Gasteiger partial charge < -0.3 is 5.32 Å². The highest BCUT2D eigenvalue weighted by molar-refractivity contribution is 5.12. The monoisotopic (exact) mass is 178 g/mol. The van der Waals surface area contributed by atoms with Crippen LogP contribution < -0.4 is 5.32 Å². The smallest absolute Gasteiger partial charge is 0.0404 e. The van der Waals surface area contributed by atoms with Crippen LogP contribution in [0.25, 0.3) is 0 Å². The van der Waals surface area contributed by atoms with Crippen LogP contribution in [0, 0.1) is 6.92 Å². The number of aromatic nitrogens is 1. The van der Waals surface area contributed by atoms with Gasteiger partial charge in [0.2, 0.25) is 0 Å². The number of rotatable bonds is 4. The highest BCUT2D eigenvalue weighted by Gasteiger charge is 1.99. The molecule has 0 aliphatic carbocycles. The van der Waals surface area contributed by atoms with Crippen molar-refractivity contribution in [3.63, 3.8) is 0 Å². The first kappa shape index (κ1) is 10.2. The summed E-state index contributed by atoms with van der Waals surface area (Å²) in [5.74, 6) is 0. The fourth-order valence-corrected chi connectivity index (χ4v) is 1.16. The number of nitrogens with one attached hydrogen (secondary N) is 1. The van der Waals surface area contributed by atoms with Crippen LogP contribution in [0.15, 0.2) is 18.3 Å². The maximum absolute atomic E-state index is 4.36. The number of pyridine rings is 1. The van der Waals surface area contributed by atoms with E-state index in [-0.39, 0.29) is 0 Å². The predicted octanol–water partition coefficient (Wildman–Crippen LogP) is 1.93. The number of hydrogen-bond donors (Lipinski definition) is 1. The maximum Gasteiger partial charge on any atom is 0.0404 e. The van der Waals surface area contributed by atoms with Crippen molar-refractivity contribution in [1.82, 2.24) is 10.3 Å². The average molecular weight is 178 g/mol. The molecule has 2 nitrogen and oxygen atoms in total. The van der Waals surface area contributed by atoms with Gasteiger partial charge in [-0.15, -0.1) is 0 Å². The van der Waals surface area contributed by atoms with E-state index in [0.29, 0.717) is 6.04 Å². The van der Waals surface area contributed by atoms with Crippen LogP contribution in [0.1, 0.15) is 24.6 Å². The first-order chi connectivity index (χ1) is 6.22. The lowest BCUT2D eigenvalue weighted by Crippen LogP contribution is -2.21. The third kappa shape index (κ3) is 3.55. The molecule has 0 fully saturated rings. The van der Waals surface area contributed by atoms with Crippen molar-refractivity contribution in [3.8, 4) is 0 Å². The van der Waals surface area contributed by atoms with Gasteiger partial charge in [-0.1, -0.05) is 6.07 Å². The van der Waals surface area contributed by atoms with Gasteiger partial charge in [-0.05, 0) is 45.4 Å². The third-order valence-electron chi connectivity index (χ3n) is 2.30. The molecule has 0 saturated carbocycles. The van der Waals surface area contributed by atoms with Crippen LogP contribution >= 0.6 is 0 Å². The van der Waals surface area contributed by atoms with Crippen molar-refractivity contribution in [2.24, 2.45) is 0 Å². The van der Waals surface area contributed by atoms with Crippen molar-refractivity contribution in [2.75, 3.05) is 7.05 Å². The Kier molecular flexibility index (Phi) is 3.90. The van der Waals surface area contributed by atoms with Crippen LogP contribution in [0.2, 0.25) is 0 Å². The topological polar surface area (TPSA) is 24.9 Å². The molecule has 0 amide bonds. The third-order valence-corrected chi connectivity index (χ3v) is 2.30. The first-order valence-corrected chi connectivity index (χ1v) is 4.81. The fourth-order valence-electron chi connectivity index (χ4n) is 1.16. The van der Waals surface area contributed by atoms with E-state index >= 15 is 0 Å². The van der Waals surface area contributed by atoms with E-state index in [1.54, 1.807) is 0 Å². The van der Waals surface area contributed by atoms with Crippen molar-refractivity contribution in [1.29, 1.82) is 0 Å². The summed E-state index contributed by atoms with van der Waals surface area (Å²) in [6, 6.07) is 4.80. The van der Waals surface area contributed by atoms with E-state index in [2.05, 4.69) is 36.3 Å². The number of nitrogens with zero attached hydrogens (tertiary/aromatic N) is 1. The van der Waals surface area contributed by atoms with E-state index in [9.17, 15) is 0 Å². The van der Waals surface area contributed by atoms with Crippen LogP contribution in [-0.2, 0) is 6.42 Å². The summed E-state index contributed by atoms with van der Waals surface area (Å²) in [7, 11) is 1.99. The maximum atomic E-state index is 4.36. The van der Waals surface area contributed by atoms with Crippen molar-refractivity contribution < 1.29 is 0 Å². The molecule has 1 atom stereocenters. The SMILES string of the molecule is CN[C@@H](C)CCc1ccc(C)cn1. The molecule has 1 heterocycles. The zero-order chi connectivity index (χ0) is 9.68. The zero-order valence-corrected chi connectivity index (χ0v) is 8.67. The average Bonchev–Trinajstić information content (AvgIpc) is 2.16. The van der Waals surface area contributed by atoms with Crippen LogP contribution in [0.5, 0.6) is 0 Å². The van der Waals surface area contributed by atoms with Crippen molar-refractivity contribution in [2.45, 2.75) is 32.7 Å². The van der Waals surface area contributed by atoms with Crippen LogP contribution in [-0.4, -0.2) is 18.1 Å². The molecule has 1 aromatic heterocycles. The van der Waals surface area contributed by atoms with Gasteiger partial charge in [0.05, 0.1) is 0 Å². The number of aryl methyl sites for hydroxylation is 2. The van der Waals surface area contributed by atoms with Gasteiger partial charge in [0.1, 0.15) is 0 Å². The summed E-state index contributed by atoms with van der Waals surface area (Å²) in [6.07, 6.45) is 4.13. The summed E-state index contributed by atoms with van der Waals surface area (Å²) >= 11 is 0.